The lowest BCUT2D eigenvalue weighted by Crippen LogP contribution is -1.99. The lowest BCUT2D eigenvalue weighted by molar-refractivity contribution is -0.109. The third-order valence-corrected chi connectivity index (χ3v) is 2.22. The van der Waals surface area contributed by atoms with Crippen LogP contribution in [0.2, 0.25) is 0 Å². The van der Waals surface area contributed by atoms with Crippen molar-refractivity contribution in [3.8, 4) is 0 Å². The fourth-order valence-electron chi connectivity index (χ4n) is 0.723. The molecule has 0 bridgehead atoms. The monoisotopic (exact) mass is 158 g/mol. The summed E-state index contributed by atoms with van der Waals surface area (Å²) in [6.45, 7) is 7.36. The zero-order valence-electron chi connectivity index (χ0n) is 6.59. The van der Waals surface area contributed by atoms with E-state index in [-0.39, 0.29) is 5.12 Å². The molecule has 0 amide bonds. The van der Waals surface area contributed by atoms with Crippen LogP contribution in [0, 0.1) is 0 Å². The van der Waals surface area contributed by atoms with E-state index in [4.69, 9.17) is 0 Å². The Hall–Kier alpha value is -0.240. The molecule has 0 saturated heterocycles. The lowest BCUT2D eigenvalue weighted by Gasteiger charge is -2.06. The van der Waals surface area contributed by atoms with Crippen LogP contribution >= 0.6 is 11.8 Å². The number of hydrogen-bond acceptors (Lipinski definition) is 2. The van der Waals surface area contributed by atoms with Crippen LogP contribution in [0.3, 0.4) is 0 Å². The van der Waals surface area contributed by atoms with Crippen LogP contribution in [0.15, 0.2) is 12.7 Å². The molecule has 0 aromatic rings. The van der Waals surface area contributed by atoms with E-state index >= 15 is 0 Å². The van der Waals surface area contributed by atoms with Gasteiger partial charge in [-0.1, -0.05) is 31.2 Å². The fraction of sp³-hybridized carbons (Fsp3) is 0.625. The zero-order chi connectivity index (χ0) is 7.98. The summed E-state index contributed by atoms with van der Waals surface area (Å²) >= 11 is 1.37. The quantitative estimate of drug-likeness (QED) is 0.585. The number of carbonyl (C=O) groups is 1. The Bertz CT molecular complexity index is 120. The second kappa shape index (κ2) is 5.54. The molecular weight excluding hydrogens is 144 g/mol. The van der Waals surface area contributed by atoms with Gasteiger partial charge >= 0.3 is 0 Å². The van der Waals surface area contributed by atoms with Gasteiger partial charge in [-0.3, -0.25) is 4.79 Å². The first-order valence-electron chi connectivity index (χ1n) is 3.50. The van der Waals surface area contributed by atoms with Gasteiger partial charge in [0.05, 0.1) is 0 Å². The summed E-state index contributed by atoms with van der Waals surface area (Å²) < 4.78 is 0. The Morgan fingerprint density at radius 1 is 1.80 bits per heavy atom. The summed E-state index contributed by atoms with van der Waals surface area (Å²) in [5.74, 6) is 0. The molecule has 0 N–H and O–H groups in total. The number of rotatable bonds is 4. The Balaban J connectivity index is 3.59. The topological polar surface area (TPSA) is 17.1 Å². The SMILES string of the molecule is C=CC(CCC)SC(C)=O. The summed E-state index contributed by atoms with van der Waals surface area (Å²) in [5.41, 5.74) is 0. The first kappa shape index (κ1) is 9.76. The third-order valence-electron chi connectivity index (χ3n) is 1.15. The summed E-state index contributed by atoms with van der Waals surface area (Å²) in [6.07, 6.45) is 4.00. The summed E-state index contributed by atoms with van der Waals surface area (Å²) in [7, 11) is 0. The molecule has 0 spiro atoms. The normalized spacial score (nSPS) is 12.6. The molecule has 0 aromatic heterocycles. The molecule has 1 nitrogen and oxygen atoms in total. The number of thioether (sulfide) groups is 1. The van der Waals surface area contributed by atoms with E-state index < -0.39 is 0 Å². The van der Waals surface area contributed by atoms with Crippen LogP contribution in [0.25, 0.3) is 0 Å². The second-order valence-corrected chi connectivity index (χ2v) is 3.59. The van der Waals surface area contributed by atoms with Crippen molar-refractivity contribution in [1.82, 2.24) is 0 Å². The van der Waals surface area contributed by atoms with Crippen molar-refractivity contribution in [2.45, 2.75) is 31.9 Å². The summed E-state index contributed by atoms with van der Waals surface area (Å²) in [6, 6.07) is 0. The highest BCUT2D eigenvalue weighted by Crippen LogP contribution is 2.17. The van der Waals surface area contributed by atoms with E-state index in [9.17, 15) is 4.79 Å². The van der Waals surface area contributed by atoms with Gasteiger partial charge in [0.15, 0.2) is 5.12 Å². The van der Waals surface area contributed by atoms with Gasteiger partial charge in [0.25, 0.3) is 0 Å². The Morgan fingerprint density at radius 2 is 2.40 bits per heavy atom. The predicted octanol–water partition coefficient (Wildman–Crippen LogP) is 2.62. The molecule has 10 heavy (non-hydrogen) atoms. The van der Waals surface area contributed by atoms with E-state index in [0.717, 1.165) is 12.8 Å². The van der Waals surface area contributed by atoms with E-state index in [2.05, 4.69) is 13.5 Å². The minimum Gasteiger partial charge on any atom is -0.288 e. The van der Waals surface area contributed by atoms with Crippen LogP contribution in [0.1, 0.15) is 26.7 Å². The minimum atomic E-state index is 0.179. The van der Waals surface area contributed by atoms with Gasteiger partial charge in [-0.25, -0.2) is 0 Å². The van der Waals surface area contributed by atoms with Gasteiger partial charge in [-0.05, 0) is 6.42 Å². The molecule has 0 aromatic carbocycles. The lowest BCUT2D eigenvalue weighted by atomic mass is 10.2. The molecule has 2 heteroatoms. The highest BCUT2D eigenvalue weighted by atomic mass is 32.2. The first-order chi connectivity index (χ1) is 4.70. The van der Waals surface area contributed by atoms with Crippen LogP contribution < -0.4 is 0 Å². The van der Waals surface area contributed by atoms with Crippen LogP contribution in [-0.2, 0) is 4.79 Å². The van der Waals surface area contributed by atoms with E-state index in [1.807, 2.05) is 6.08 Å². The van der Waals surface area contributed by atoms with Crippen LogP contribution in [-0.4, -0.2) is 10.4 Å². The summed E-state index contributed by atoms with van der Waals surface area (Å²) in [4.78, 5) is 10.6. The summed E-state index contributed by atoms with van der Waals surface area (Å²) in [5, 5.41) is 0.501. The Morgan fingerprint density at radius 3 is 2.70 bits per heavy atom. The van der Waals surface area contributed by atoms with Crippen molar-refractivity contribution in [3.05, 3.63) is 12.7 Å². The Labute approximate surface area is 66.9 Å². The first-order valence-corrected chi connectivity index (χ1v) is 4.38. The highest BCUT2D eigenvalue weighted by Gasteiger charge is 2.05. The molecule has 0 saturated carbocycles. The maximum absolute atomic E-state index is 10.6. The average molecular weight is 158 g/mol. The van der Waals surface area contributed by atoms with Crippen molar-refractivity contribution in [2.24, 2.45) is 0 Å². The molecule has 0 fully saturated rings. The van der Waals surface area contributed by atoms with Gasteiger partial charge in [0, 0.05) is 12.2 Å². The van der Waals surface area contributed by atoms with Crippen LogP contribution in [0.4, 0.5) is 0 Å². The Kier molecular flexibility index (Phi) is 5.40. The van der Waals surface area contributed by atoms with Crippen molar-refractivity contribution < 1.29 is 4.79 Å². The minimum absolute atomic E-state index is 0.179. The van der Waals surface area contributed by atoms with Crippen LogP contribution in [0.5, 0.6) is 0 Å². The number of hydrogen-bond donors (Lipinski definition) is 0. The van der Waals surface area contributed by atoms with Crippen molar-refractivity contribution >= 4 is 16.9 Å². The van der Waals surface area contributed by atoms with Gasteiger partial charge in [0.2, 0.25) is 0 Å². The molecule has 0 rings (SSSR count). The van der Waals surface area contributed by atoms with E-state index in [1.54, 1.807) is 6.92 Å². The van der Waals surface area contributed by atoms with E-state index in [0.29, 0.717) is 5.25 Å². The smallest absolute Gasteiger partial charge is 0.186 e. The molecule has 0 aliphatic carbocycles. The number of carbonyl (C=O) groups excluding carboxylic acids is 1. The predicted molar refractivity (Wildman–Crippen MR) is 47.2 cm³/mol. The zero-order valence-corrected chi connectivity index (χ0v) is 7.41. The van der Waals surface area contributed by atoms with Gasteiger partial charge in [-0.15, -0.1) is 6.58 Å². The maximum Gasteiger partial charge on any atom is 0.186 e. The fourth-order valence-corrected chi connectivity index (χ4v) is 1.60. The molecule has 1 atom stereocenters. The molecule has 0 aliphatic heterocycles. The van der Waals surface area contributed by atoms with Gasteiger partial charge < -0.3 is 0 Å². The molecule has 1 unspecified atom stereocenters. The molecular formula is C8H14OS. The largest absolute Gasteiger partial charge is 0.288 e. The van der Waals surface area contributed by atoms with Crippen molar-refractivity contribution in [3.63, 3.8) is 0 Å². The maximum atomic E-state index is 10.6. The van der Waals surface area contributed by atoms with Crippen molar-refractivity contribution in [1.29, 1.82) is 0 Å². The third kappa shape index (κ3) is 4.62. The van der Waals surface area contributed by atoms with Gasteiger partial charge in [0.1, 0.15) is 0 Å². The average Bonchev–Trinajstić information content (AvgIpc) is 1.86. The molecule has 58 valence electrons. The molecule has 0 radical (unpaired) electrons. The molecule has 0 aliphatic rings. The second-order valence-electron chi connectivity index (χ2n) is 2.17. The highest BCUT2D eigenvalue weighted by molar-refractivity contribution is 8.14. The standard InChI is InChI=1S/C8H14OS/c1-4-6-8(5-2)10-7(3)9/h5,8H,2,4,6H2,1,3H3. The van der Waals surface area contributed by atoms with E-state index in [1.165, 1.54) is 11.8 Å². The molecule has 0 heterocycles. The van der Waals surface area contributed by atoms with Crippen molar-refractivity contribution in [2.75, 3.05) is 0 Å². The van der Waals surface area contributed by atoms with Gasteiger partial charge in [-0.2, -0.15) is 0 Å².